The van der Waals surface area contributed by atoms with Crippen LogP contribution in [-0.2, 0) is 0 Å². The molecule has 0 unspecified atom stereocenters. The summed E-state index contributed by atoms with van der Waals surface area (Å²) in [5.41, 5.74) is 1.81. The van der Waals surface area contributed by atoms with Gasteiger partial charge in [0, 0.05) is 17.3 Å². The van der Waals surface area contributed by atoms with Crippen LogP contribution in [0.2, 0.25) is 5.15 Å². The Morgan fingerprint density at radius 2 is 1.78 bits per heavy atom. The molecule has 18 heavy (non-hydrogen) atoms. The molecule has 0 spiro atoms. The van der Waals surface area contributed by atoms with Gasteiger partial charge in [0.15, 0.2) is 5.76 Å². The first-order valence-electron chi connectivity index (χ1n) is 5.46. The average molecular weight is 257 g/mol. The minimum absolute atomic E-state index is 0.423. The summed E-state index contributed by atoms with van der Waals surface area (Å²) in [7, 11) is 0. The van der Waals surface area contributed by atoms with E-state index in [0.29, 0.717) is 11.0 Å². The third-order valence-electron chi connectivity index (χ3n) is 2.54. The molecule has 0 saturated heterocycles. The molecule has 3 rings (SSSR count). The van der Waals surface area contributed by atoms with Crippen LogP contribution >= 0.6 is 11.6 Å². The number of hydrogen-bond acceptors (Lipinski definition) is 3. The van der Waals surface area contributed by atoms with Crippen molar-refractivity contribution in [2.75, 3.05) is 0 Å². The van der Waals surface area contributed by atoms with Crippen LogP contribution in [-0.4, -0.2) is 9.97 Å². The van der Waals surface area contributed by atoms with Gasteiger partial charge in [-0.05, 0) is 12.1 Å². The number of rotatable bonds is 2. The van der Waals surface area contributed by atoms with Crippen molar-refractivity contribution < 1.29 is 4.42 Å². The van der Waals surface area contributed by atoms with E-state index >= 15 is 0 Å². The molecule has 4 heteroatoms. The summed E-state index contributed by atoms with van der Waals surface area (Å²) in [6.45, 7) is 0. The predicted molar refractivity (Wildman–Crippen MR) is 70.2 cm³/mol. The molecule has 0 radical (unpaired) electrons. The van der Waals surface area contributed by atoms with Gasteiger partial charge in [-0.2, -0.15) is 0 Å². The molecule has 2 heterocycles. The molecular formula is C14H9ClN2O. The van der Waals surface area contributed by atoms with Gasteiger partial charge in [-0.1, -0.05) is 41.9 Å². The van der Waals surface area contributed by atoms with E-state index < -0.39 is 0 Å². The summed E-state index contributed by atoms with van der Waals surface area (Å²) in [6, 6.07) is 13.4. The van der Waals surface area contributed by atoms with E-state index in [0.717, 1.165) is 16.9 Å². The lowest BCUT2D eigenvalue weighted by Crippen LogP contribution is -1.78. The van der Waals surface area contributed by atoms with E-state index in [-0.39, 0.29) is 0 Å². The molecule has 88 valence electrons. The van der Waals surface area contributed by atoms with E-state index in [2.05, 4.69) is 9.97 Å². The summed E-state index contributed by atoms with van der Waals surface area (Å²) >= 11 is 5.84. The van der Waals surface area contributed by atoms with Crippen molar-refractivity contribution in [2.45, 2.75) is 0 Å². The van der Waals surface area contributed by atoms with Crippen molar-refractivity contribution in [3.63, 3.8) is 0 Å². The summed E-state index contributed by atoms with van der Waals surface area (Å²) in [4.78, 5) is 8.18. The van der Waals surface area contributed by atoms with Gasteiger partial charge in [-0.3, -0.25) is 0 Å². The molecule has 0 saturated carbocycles. The molecule has 0 N–H and O–H groups in total. The van der Waals surface area contributed by atoms with Crippen molar-refractivity contribution in [3.8, 4) is 22.8 Å². The predicted octanol–water partition coefficient (Wildman–Crippen LogP) is 4.06. The number of hydrogen-bond donors (Lipinski definition) is 0. The van der Waals surface area contributed by atoms with Crippen molar-refractivity contribution in [2.24, 2.45) is 0 Å². The molecule has 0 aliphatic heterocycles. The third-order valence-corrected chi connectivity index (χ3v) is 2.74. The molecule has 0 atom stereocenters. The Labute approximate surface area is 109 Å². The second-order valence-electron chi connectivity index (χ2n) is 3.76. The topological polar surface area (TPSA) is 38.9 Å². The van der Waals surface area contributed by atoms with Crippen molar-refractivity contribution in [3.05, 3.63) is 60.0 Å². The van der Waals surface area contributed by atoms with Gasteiger partial charge in [0.2, 0.25) is 5.89 Å². The second kappa shape index (κ2) is 4.63. The molecule has 0 aliphatic rings. The largest absolute Gasteiger partial charge is 0.436 e. The van der Waals surface area contributed by atoms with Crippen LogP contribution in [0.3, 0.4) is 0 Å². The molecule has 0 bridgehead atoms. The number of halogens is 1. The lowest BCUT2D eigenvalue weighted by Gasteiger charge is -1.96. The van der Waals surface area contributed by atoms with Crippen molar-refractivity contribution >= 4 is 11.6 Å². The van der Waals surface area contributed by atoms with Crippen molar-refractivity contribution in [1.82, 2.24) is 9.97 Å². The molecule has 0 amide bonds. The number of aromatic nitrogens is 2. The average Bonchev–Trinajstić information content (AvgIpc) is 2.89. The lowest BCUT2D eigenvalue weighted by atomic mass is 10.2. The third kappa shape index (κ3) is 2.13. The van der Waals surface area contributed by atoms with Gasteiger partial charge >= 0.3 is 0 Å². The number of nitrogens with zero attached hydrogens (tertiary/aromatic N) is 2. The van der Waals surface area contributed by atoms with Gasteiger partial charge in [-0.25, -0.2) is 9.97 Å². The fourth-order valence-corrected chi connectivity index (χ4v) is 1.85. The van der Waals surface area contributed by atoms with E-state index in [4.69, 9.17) is 16.0 Å². The fourth-order valence-electron chi connectivity index (χ4n) is 1.68. The number of oxazole rings is 1. The summed E-state index contributed by atoms with van der Waals surface area (Å²) in [5, 5.41) is 0.423. The smallest absolute Gasteiger partial charge is 0.226 e. The van der Waals surface area contributed by atoms with E-state index in [1.54, 1.807) is 18.5 Å². The summed E-state index contributed by atoms with van der Waals surface area (Å²) in [6.07, 6.45) is 3.34. The molecule has 3 aromatic rings. The maximum atomic E-state index is 5.84. The van der Waals surface area contributed by atoms with Crippen LogP contribution in [0.5, 0.6) is 0 Å². The Kier molecular flexibility index (Phi) is 2.82. The first-order chi connectivity index (χ1) is 8.83. The zero-order valence-electron chi connectivity index (χ0n) is 9.38. The van der Waals surface area contributed by atoms with E-state index in [1.807, 2.05) is 36.4 Å². The second-order valence-corrected chi connectivity index (χ2v) is 4.15. The highest BCUT2D eigenvalue weighted by Crippen LogP contribution is 2.26. The van der Waals surface area contributed by atoms with E-state index in [1.165, 1.54) is 0 Å². The minimum Gasteiger partial charge on any atom is -0.436 e. The maximum Gasteiger partial charge on any atom is 0.226 e. The number of benzene rings is 1. The summed E-state index contributed by atoms with van der Waals surface area (Å²) in [5.74, 6) is 1.27. The maximum absolute atomic E-state index is 5.84. The first-order valence-corrected chi connectivity index (χ1v) is 5.84. The molecule has 3 nitrogen and oxygen atoms in total. The zero-order chi connectivity index (χ0) is 12.4. The van der Waals surface area contributed by atoms with E-state index in [9.17, 15) is 0 Å². The van der Waals surface area contributed by atoms with Crippen LogP contribution < -0.4 is 0 Å². The van der Waals surface area contributed by atoms with Crippen LogP contribution in [0.4, 0.5) is 0 Å². The zero-order valence-corrected chi connectivity index (χ0v) is 10.1. The Bertz CT molecular complexity index is 664. The Hall–Kier alpha value is -2.13. The standard InChI is InChI=1S/C14H9ClN2O/c15-13-8-11(6-7-16-13)14-17-9-12(18-14)10-4-2-1-3-5-10/h1-9H. The SMILES string of the molecule is Clc1cc(-c2ncc(-c3ccccc3)o2)ccn1. The fraction of sp³-hybridized carbons (Fsp3) is 0. The Morgan fingerprint density at radius 1 is 0.944 bits per heavy atom. The highest BCUT2D eigenvalue weighted by Gasteiger charge is 2.08. The monoisotopic (exact) mass is 256 g/mol. The quantitative estimate of drug-likeness (QED) is 0.649. The Morgan fingerprint density at radius 3 is 2.56 bits per heavy atom. The van der Waals surface area contributed by atoms with Gasteiger partial charge in [0.05, 0.1) is 6.20 Å². The first kappa shape index (κ1) is 11.0. The normalized spacial score (nSPS) is 10.5. The highest BCUT2D eigenvalue weighted by atomic mass is 35.5. The van der Waals surface area contributed by atoms with Gasteiger partial charge < -0.3 is 4.42 Å². The van der Waals surface area contributed by atoms with Crippen molar-refractivity contribution in [1.29, 1.82) is 0 Å². The molecule has 2 aromatic heterocycles. The number of pyridine rings is 1. The molecular weight excluding hydrogens is 248 g/mol. The summed E-state index contributed by atoms with van der Waals surface area (Å²) < 4.78 is 5.71. The van der Waals surface area contributed by atoms with Gasteiger partial charge in [0.1, 0.15) is 5.15 Å². The molecule has 0 fully saturated rings. The van der Waals surface area contributed by atoms with Crippen LogP contribution in [0, 0.1) is 0 Å². The lowest BCUT2D eigenvalue weighted by molar-refractivity contribution is 0.589. The van der Waals surface area contributed by atoms with Crippen LogP contribution in [0.25, 0.3) is 22.8 Å². The minimum atomic E-state index is 0.423. The molecule has 1 aromatic carbocycles. The highest BCUT2D eigenvalue weighted by molar-refractivity contribution is 6.29. The van der Waals surface area contributed by atoms with Crippen LogP contribution in [0.15, 0.2) is 59.3 Å². The van der Waals surface area contributed by atoms with Gasteiger partial charge in [-0.15, -0.1) is 0 Å². The van der Waals surface area contributed by atoms with Crippen LogP contribution in [0.1, 0.15) is 0 Å². The Balaban J connectivity index is 2.00. The molecule has 0 aliphatic carbocycles. The van der Waals surface area contributed by atoms with Gasteiger partial charge in [0.25, 0.3) is 0 Å².